The Morgan fingerprint density at radius 3 is 2.22 bits per heavy atom. The number of hydrogen-bond acceptors (Lipinski definition) is 4. The first-order chi connectivity index (χ1) is 13.0. The Morgan fingerprint density at radius 2 is 1.67 bits per heavy atom. The van der Waals surface area contributed by atoms with Gasteiger partial charge in [0, 0.05) is 11.6 Å². The van der Waals surface area contributed by atoms with E-state index >= 15 is 0 Å². The van der Waals surface area contributed by atoms with E-state index < -0.39 is 5.60 Å². The van der Waals surface area contributed by atoms with Crippen molar-refractivity contribution in [1.82, 2.24) is 4.90 Å². The summed E-state index contributed by atoms with van der Waals surface area (Å²) in [5.74, 6) is 1.99. The van der Waals surface area contributed by atoms with Crippen molar-refractivity contribution in [2.24, 2.45) is 5.92 Å². The molecule has 0 heterocycles. The van der Waals surface area contributed by atoms with E-state index in [2.05, 4.69) is 49.3 Å². The highest BCUT2D eigenvalue weighted by molar-refractivity contribution is 5.44. The fourth-order valence-corrected chi connectivity index (χ4v) is 4.52. The number of methoxy groups -OCH3 is 2. The maximum absolute atomic E-state index is 11.4. The van der Waals surface area contributed by atoms with Gasteiger partial charge in [-0.1, -0.05) is 30.3 Å². The van der Waals surface area contributed by atoms with Crippen molar-refractivity contribution in [2.45, 2.75) is 37.3 Å². The Morgan fingerprint density at radius 1 is 1.00 bits per heavy atom. The fraction of sp³-hybridized carbons (Fsp3) is 0.478. The van der Waals surface area contributed by atoms with Crippen LogP contribution in [0.15, 0.2) is 48.5 Å². The Hall–Kier alpha value is -2.04. The number of rotatable bonds is 6. The summed E-state index contributed by atoms with van der Waals surface area (Å²) in [5.41, 5.74) is 1.31. The molecule has 2 aromatic rings. The maximum Gasteiger partial charge on any atom is 0.125 e. The Labute approximate surface area is 162 Å². The first-order valence-electron chi connectivity index (χ1n) is 9.65. The van der Waals surface area contributed by atoms with Gasteiger partial charge in [-0.3, -0.25) is 0 Å². The predicted molar refractivity (Wildman–Crippen MR) is 108 cm³/mol. The molecule has 1 unspecified atom stereocenters. The van der Waals surface area contributed by atoms with E-state index in [0.717, 1.165) is 42.7 Å². The van der Waals surface area contributed by atoms with E-state index in [1.54, 1.807) is 14.2 Å². The molecule has 0 spiro atoms. The fourth-order valence-electron chi connectivity index (χ4n) is 4.52. The van der Waals surface area contributed by atoms with Crippen molar-refractivity contribution < 1.29 is 14.6 Å². The zero-order valence-electron chi connectivity index (χ0n) is 16.8. The van der Waals surface area contributed by atoms with Gasteiger partial charge in [0.1, 0.15) is 11.5 Å². The smallest absolute Gasteiger partial charge is 0.125 e. The van der Waals surface area contributed by atoms with Gasteiger partial charge < -0.3 is 19.5 Å². The first-order valence-corrected chi connectivity index (χ1v) is 9.65. The highest BCUT2D eigenvalue weighted by Crippen LogP contribution is 2.47. The second-order valence-electron chi connectivity index (χ2n) is 7.75. The zero-order valence-corrected chi connectivity index (χ0v) is 16.8. The predicted octanol–water partition coefficient (Wildman–Crippen LogP) is 4.38. The van der Waals surface area contributed by atoms with Crippen molar-refractivity contribution >= 4 is 0 Å². The van der Waals surface area contributed by atoms with E-state index in [1.807, 2.05) is 18.2 Å². The Balaban J connectivity index is 1.81. The lowest BCUT2D eigenvalue weighted by Gasteiger charge is -2.42. The third-order valence-corrected chi connectivity index (χ3v) is 5.91. The minimum atomic E-state index is -0.871. The summed E-state index contributed by atoms with van der Waals surface area (Å²) in [5, 5.41) is 11.4. The molecule has 4 nitrogen and oxygen atoms in total. The Kier molecular flexibility index (Phi) is 6.08. The number of nitrogens with zero attached hydrogens (tertiary/aromatic N) is 1. The van der Waals surface area contributed by atoms with Gasteiger partial charge in [-0.25, -0.2) is 0 Å². The molecule has 1 N–H and O–H groups in total. The topological polar surface area (TPSA) is 41.9 Å². The summed E-state index contributed by atoms with van der Waals surface area (Å²) in [6.07, 6.45) is 3.37. The van der Waals surface area contributed by atoms with Gasteiger partial charge in [-0.05, 0) is 69.5 Å². The second-order valence-corrected chi connectivity index (χ2v) is 7.75. The van der Waals surface area contributed by atoms with Crippen molar-refractivity contribution in [1.29, 1.82) is 0 Å². The monoisotopic (exact) mass is 369 g/mol. The van der Waals surface area contributed by atoms with E-state index in [-0.39, 0.29) is 0 Å². The number of ether oxygens (including phenoxy) is 2. The molecule has 0 radical (unpaired) electrons. The standard InChI is InChI=1S/C23H31NO3/c1-24(2)22(17-8-6-5-7-9-17)18-12-14-23(25,15-13-18)20-16-19(26-3)10-11-21(20)27-4/h5-11,16,18,22,25H,12-15H2,1-4H3. The maximum atomic E-state index is 11.4. The molecule has 0 aliphatic heterocycles. The van der Waals surface area contributed by atoms with Crippen LogP contribution in [-0.4, -0.2) is 38.3 Å². The summed E-state index contributed by atoms with van der Waals surface area (Å²) >= 11 is 0. The average molecular weight is 370 g/mol. The number of aliphatic hydroxyl groups is 1. The van der Waals surface area contributed by atoms with Gasteiger partial charge in [0.2, 0.25) is 0 Å². The SMILES string of the molecule is COc1ccc(OC)c(C2(O)CCC(C(c3ccccc3)N(C)C)CC2)c1. The highest BCUT2D eigenvalue weighted by Gasteiger charge is 2.40. The molecule has 0 amide bonds. The average Bonchev–Trinajstić information content (AvgIpc) is 2.70. The summed E-state index contributed by atoms with van der Waals surface area (Å²) < 4.78 is 10.9. The van der Waals surface area contributed by atoms with Crippen LogP contribution in [0.3, 0.4) is 0 Å². The molecular weight excluding hydrogens is 338 g/mol. The van der Waals surface area contributed by atoms with E-state index in [1.165, 1.54) is 5.56 Å². The largest absolute Gasteiger partial charge is 0.497 e. The van der Waals surface area contributed by atoms with Crippen molar-refractivity contribution in [3.8, 4) is 11.5 Å². The molecule has 146 valence electrons. The van der Waals surface area contributed by atoms with Gasteiger partial charge >= 0.3 is 0 Å². The Bertz CT molecular complexity index is 737. The summed E-state index contributed by atoms with van der Waals surface area (Å²) in [4.78, 5) is 2.30. The molecule has 1 fully saturated rings. The van der Waals surface area contributed by atoms with Crippen LogP contribution in [0.1, 0.15) is 42.9 Å². The van der Waals surface area contributed by atoms with E-state index in [9.17, 15) is 5.11 Å². The van der Waals surface area contributed by atoms with Crippen LogP contribution in [0.4, 0.5) is 0 Å². The molecule has 3 rings (SSSR count). The highest BCUT2D eigenvalue weighted by atomic mass is 16.5. The first kappa shape index (κ1) is 19.7. The van der Waals surface area contributed by atoms with E-state index in [0.29, 0.717) is 12.0 Å². The van der Waals surface area contributed by atoms with Crippen LogP contribution in [0, 0.1) is 5.92 Å². The van der Waals surface area contributed by atoms with Crippen molar-refractivity contribution in [3.63, 3.8) is 0 Å². The second kappa shape index (κ2) is 8.32. The lowest BCUT2D eigenvalue weighted by atomic mass is 9.71. The van der Waals surface area contributed by atoms with Gasteiger partial charge in [-0.15, -0.1) is 0 Å². The van der Waals surface area contributed by atoms with Gasteiger partial charge in [-0.2, -0.15) is 0 Å². The normalized spacial score (nSPS) is 23.9. The lowest BCUT2D eigenvalue weighted by molar-refractivity contribution is -0.0270. The molecule has 0 saturated heterocycles. The van der Waals surface area contributed by atoms with Gasteiger partial charge in [0.15, 0.2) is 0 Å². The summed E-state index contributed by atoms with van der Waals surface area (Å²) in [6, 6.07) is 16.7. The minimum Gasteiger partial charge on any atom is -0.497 e. The number of benzene rings is 2. The molecule has 27 heavy (non-hydrogen) atoms. The van der Waals surface area contributed by atoms with Crippen LogP contribution in [0.25, 0.3) is 0 Å². The zero-order chi connectivity index (χ0) is 19.4. The van der Waals surface area contributed by atoms with Crippen LogP contribution in [0.2, 0.25) is 0 Å². The molecular formula is C23H31NO3. The quantitative estimate of drug-likeness (QED) is 0.820. The molecule has 0 bridgehead atoms. The molecule has 1 aliphatic carbocycles. The number of hydrogen-bond donors (Lipinski definition) is 1. The van der Waals surface area contributed by atoms with Gasteiger partial charge in [0.25, 0.3) is 0 Å². The lowest BCUT2D eigenvalue weighted by Crippen LogP contribution is -2.36. The van der Waals surface area contributed by atoms with Gasteiger partial charge in [0.05, 0.1) is 19.8 Å². The van der Waals surface area contributed by atoms with Crippen LogP contribution >= 0.6 is 0 Å². The van der Waals surface area contributed by atoms with Crippen molar-refractivity contribution in [3.05, 3.63) is 59.7 Å². The minimum absolute atomic E-state index is 0.364. The molecule has 1 aliphatic rings. The third-order valence-electron chi connectivity index (χ3n) is 5.91. The molecule has 1 saturated carbocycles. The summed E-state index contributed by atoms with van der Waals surface area (Å²) in [7, 11) is 7.58. The molecule has 2 aromatic carbocycles. The van der Waals surface area contributed by atoms with Crippen LogP contribution < -0.4 is 9.47 Å². The third kappa shape index (κ3) is 4.12. The molecule has 1 atom stereocenters. The van der Waals surface area contributed by atoms with E-state index in [4.69, 9.17) is 9.47 Å². The molecule has 0 aromatic heterocycles. The summed E-state index contributed by atoms with van der Waals surface area (Å²) in [6.45, 7) is 0. The van der Waals surface area contributed by atoms with Crippen molar-refractivity contribution in [2.75, 3.05) is 28.3 Å². The molecule has 4 heteroatoms. The van der Waals surface area contributed by atoms with Crippen LogP contribution in [0.5, 0.6) is 11.5 Å². The van der Waals surface area contributed by atoms with Crippen LogP contribution in [-0.2, 0) is 5.60 Å².